The van der Waals surface area contributed by atoms with E-state index in [0.717, 1.165) is 61.9 Å². The molecule has 0 atom stereocenters. The minimum absolute atomic E-state index is 0.0264. The maximum Gasteiger partial charge on any atom is 0.243 e. The summed E-state index contributed by atoms with van der Waals surface area (Å²) >= 11 is 1.42. The van der Waals surface area contributed by atoms with E-state index in [0.29, 0.717) is 23.1 Å². The quantitative estimate of drug-likeness (QED) is 0.592. The van der Waals surface area contributed by atoms with E-state index in [1.807, 2.05) is 17.5 Å². The molecule has 2 fully saturated rings. The Kier molecular flexibility index (Phi) is 6.31. The van der Waals surface area contributed by atoms with Gasteiger partial charge in [0.05, 0.1) is 10.4 Å². The molecule has 5 rings (SSSR count). The van der Waals surface area contributed by atoms with Crippen LogP contribution in [0.25, 0.3) is 10.9 Å². The SMILES string of the molecule is O=C(Nc1nccs1)C1CCN(c2ccc3cc(S(=O)(=O)N4CCCCC4)ccc3n2)CC1. The molecule has 4 heterocycles. The fourth-order valence-corrected chi connectivity index (χ4v) is 6.63. The Bertz CT molecular complexity index is 1230. The van der Waals surface area contributed by atoms with Crippen molar-refractivity contribution in [3.05, 3.63) is 41.9 Å². The number of carbonyl (C=O) groups is 1. The smallest absolute Gasteiger partial charge is 0.243 e. The zero-order valence-electron chi connectivity index (χ0n) is 18.3. The number of fused-ring (bicyclic) bond motifs is 1. The minimum Gasteiger partial charge on any atom is -0.357 e. The third kappa shape index (κ3) is 4.73. The van der Waals surface area contributed by atoms with Crippen molar-refractivity contribution in [2.45, 2.75) is 37.0 Å². The zero-order valence-corrected chi connectivity index (χ0v) is 19.9. The Morgan fingerprint density at radius 1 is 1.03 bits per heavy atom. The molecule has 33 heavy (non-hydrogen) atoms. The predicted molar refractivity (Wildman–Crippen MR) is 130 cm³/mol. The molecular weight excluding hydrogens is 458 g/mol. The molecule has 0 spiro atoms. The maximum absolute atomic E-state index is 13.0. The van der Waals surface area contributed by atoms with E-state index < -0.39 is 10.0 Å². The van der Waals surface area contributed by atoms with Crippen molar-refractivity contribution in [1.29, 1.82) is 0 Å². The van der Waals surface area contributed by atoms with Crippen LogP contribution in [0.3, 0.4) is 0 Å². The standard InChI is InChI=1S/C23H27N5O3S2/c29-22(26-23-24-10-15-32-23)17-8-13-27(14-9-17)21-7-4-18-16-19(5-6-20(18)25-21)33(30,31)28-11-2-1-3-12-28/h4-7,10,15-17H,1-3,8-9,11-14H2,(H,24,26,29). The van der Waals surface area contributed by atoms with Gasteiger partial charge in [0, 0.05) is 49.1 Å². The van der Waals surface area contributed by atoms with Gasteiger partial charge < -0.3 is 10.2 Å². The van der Waals surface area contributed by atoms with Gasteiger partial charge in [-0.3, -0.25) is 4.79 Å². The molecule has 0 aliphatic carbocycles. The number of nitrogens with zero attached hydrogens (tertiary/aromatic N) is 4. The maximum atomic E-state index is 13.0. The van der Waals surface area contributed by atoms with Gasteiger partial charge in [0.2, 0.25) is 15.9 Å². The highest BCUT2D eigenvalue weighted by Crippen LogP contribution is 2.28. The Morgan fingerprint density at radius 3 is 2.55 bits per heavy atom. The highest BCUT2D eigenvalue weighted by Gasteiger charge is 2.27. The molecule has 0 bridgehead atoms. The first-order valence-corrected chi connectivity index (χ1v) is 13.7. The Labute approximate surface area is 197 Å². The molecule has 1 N–H and O–H groups in total. The number of piperidine rings is 2. The lowest BCUT2D eigenvalue weighted by Crippen LogP contribution is -2.38. The summed E-state index contributed by atoms with van der Waals surface area (Å²) in [5.74, 6) is 0.847. The second-order valence-corrected chi connectivity index (χ2v) is 11.4. The van der Waals surface area contributed by atoms with Crippen LogP contribution in [0.1, 0.15) is 32.1 Å². The fourth-order valence-electron chi connectivity index (χ4n) is 4.55. The van der Waals surface area contributed by atoms with Gasteiger partial charge >= 0.3 is 0 Å². The Hall–Kier alpha value is -2.56. The third-order valence-corrected chi connectivity index (χ3v) is 9.03. The largest absolute Gasteiger partial charge is 0.357 e. The average molecular weight is 486 g/mol. The first kappa shape index (κ1) is 22.2. The number of aromatic nitrogens is 2. The van der Waals surface area contributed by atoms with Gasteiger partial charge in [0.15, 0.2) is 5.13 Å². The number of nitrogens with one attached hydrogen (secondary N) is 1. The van der Waals surface area contributed by atoms with Crippen molar-refractivity contribution < 1.29 is 13.2 Å². The van der Waals surface area contributed by atoms with Gasteiger partial charge in [-0.15, -0.1) is 11.3 Å². The van der Waals surface area contributed by atoms with E-state index in [-0.39, 0.29) is 11.8 Å². The van der Waals surface area contributed by atoms with E-state index in [1.54, 1.807) is 28.7 Å². The Morgan fingerprint density at radius 2 is 1.82 bits per heavy atom. The van der Waals surface area contributed by atoms with Crippen molar-refractivity contribution in [2.75, 3.05) is 36.4 Å². The molecule has 10 heteroatoms. The lowest BCUT2D eigenvalue weighted by Gasteiger charge is -2.32. The van der Waals surface area contributed by atoms with Crippen LogP contribution in [0.15, 0.2) is 46.8 Å². The lowest BCUT2D eigenvalue weighted by molar-refractivity contribution is -0.120. The fraction of sp³-hybridized carbons (Fsp3) is 0.435. The van der Waals surface area contributed by atoms with Gasteiger partial charge in [0.1, 0.15) is 5.82 Å². The monoisotopic (exact) mass is 485 g/mol. The number of hydrogen-bond donors (Lipinski definition) is 1. The summed E-state index contributed by atoms with van der Waals surface area (Å²) in [7, 11) is -3.46. The summed E-state index contributed by atoms with van der Waals surface area (Å²) in [6, 6.07) is 9.07. The van der Waals surface area contributed by atoms with E-state index in [4.69, 9.17) is 4.98 Å². The van der Waals surface area contributed by atoms with Crippen LogP contribution in [0.5, 0.6) is 0 Å². The minimum atomic E-state index is -3.46. The summed E-state index contributed by atoms with van der Waals surface area (Å²) in [4.78, 5) is 23.9. The van der Waals surface area contributed by atoms with Crippen LogP contribution in [0.2, 0.25) is 0 Å². The number of amides is 1. The summed E-state index contributed by atoms with van der Waals surface area (Å²) in [5, 5.41) is 6.19. The van der Waals surface area contributed by atoms with Crippen molar-refractivity contribution in [3.63, 3.8) is 0 Å². The molecule has 2 aliphatic rings. The van der Waals surface area contributed by atoms with E-state index >= 15 is 0 Å². The molecular formula is C23H27N5O3S2. The van der Waals surface area contributed by atoms with Gasteiger partial charge in [-0.1, -0.05) is 6.42 Å². The van der Waals surface area contributed by atoms with Crippen LogP contribution in [0, 0.1) is 5.92 Å². The van der Waals surface area contributed by atoms with Crippen LogP contribution in [0.4, 0.5) is 10.9 Å². The van der Waals surface area contributed by atoms with E-state index in [2.05, 4.69) is 15.2 Å². The molecule has 1 amide bonds. The number of rotatable bonds is 5. The first-order chi connectivity index (χ1) is 16.0. The van der Waals surface area contributed by atoms with Gasteiger partial charge in [-0.25, -0.2) is 18.4 Å². The average Bonchev–Trinajstić information content (AvgIpc) is 3.37. The molecule has 0 radical (unpaired) electrons. The van der Waals surface area contributed by atoms with Crippen LogP contribution >= 0.6 is 11.3 Å². The van der Waals surface area contributed by atoms with Crippen LogP contribution in [-0.2, 0) is 14.8 Å². The molecule has 0 saturated carbocycles. The topological polar surface area (TPSA) is 95.5 Å². The number of anilines is 2. The third-order valence-electron chi connectivity index (χ3n) is 6.45. The lowest BCUT2D eigenvalue weighted by atomic mass is 9.96. The normalized spacial score (nSPS) is 18.5. The number of pyridine rings is 1. The summed E-state index contributed by atoms with van der Waals surface area (Å²) in [6.45, 7) is 2.68. The van der Waals surface area contributed by atoms with Gasteiger partial charge in [-0.2, -0.15) is 4.31 Å². The molecule has 3 aromatic rings. The summed E-state index contributed by atoms with van der Waals surface area (Å²) < 4.78 is 27.6. The zero-order chi connectivity index (χ0) is 22.8. The van der Waals surface area contributed by atoms with Crippen molar-refractivity contribution in [2.24, 2.45) is 5.92 Å². The number of benzene rings is 1. The Balaban J connectivity index is 1.26. The van der Waals surface area contributed by atoms with E-state index in [9.17, 15) is 13.2 Å². The highest BCUT2D eigenvalue weighted by molar-refractivity contribution is 7.89. The molecule has 1 aromatic carbocycles. The summed E-state index contributed by atoms with van der Waals surface area (Å²) in [6.07, 6.45) is 6.11. The van der Waals surface area contributed by atoms with Gasteiger partial charge in [0.25, 0.3) is 0 Å². The first-order valence-electron chi connectivity index (χ1n) is 11.4. The number of thiazole rings is 1. The van der Waals surface area contributed by atoms with Crippen molar-refractivity contribution >= 4 is 49.1 Å². The molecule has 8 nitrogen and oxygen atoms in total. The second kappa shape index (κ2) is 9.36. The molecule has 0 unspecified atom stereocenters. The number of sulfonamides is 1. The van der Waals surface area contributed by atoms with Crippen LogP contribution in [-0.4, -0.2) is 54.8 Å². The van der Waals surface area contributed by atoms with Crippen LogP contribution < -0.4 is 10.2 Å². The molecule has 2 saturated heterocycles. The van der Waals surface area contributed by atoms with E-state index in [1.165, 1.54) is 11.3 Å². The van der Waals surface area contributed by atoms with Gasteiger partial charge in [-0.05, 0) is 56.0 Å². The molecule has 2 aliphatic heterocycles. The van der Waals surface area contributed by atoms with Crippen molar-refractivity contribution in [3.8, 4) is 0 Å². The predicted octanol–water partition coefficient (Wildman–Crippen LogP) is 3.72. The molecule has 174 valence electrons. The number of hydrogen-bond acceptors (Lipinski definition) is 7. The number of carbonyl (C=O) groups excluding carboxylic acids is 1. The van der Waals surface area contributed by atoms with Crippen molar-refractivity contribution in [1.82, 2.24) is 14.3 Å². The summed E-state index contributed by atoms with van der Waals surface area (Å²) in [5.41, 5.74) is 0.772. The second-order valence-electron chi connectivity index (χ2n) is 8.58. The molecule has 2 aromatic heterocycles. The highest BCUT2D eigenvalue weighted by atomic mass is 32.2.